The fourth-order valence-electron chi connectivity index (χ4n) is 1.96. The molecule has 0 heterocycles. The minimum Gasteiger partial charge on any atom is -0.452 e. The average molecular weight is 335 g/mol. The van der Waals surface area contributed by atoms with E-state index in [-0.39, 0.29) is 17.3 Å². The number of nitrogens with one attached hydrogen (secondary N) is 2. The Labute approximate surface area is 139 Å². The zero-order chi connectivity index (χ0) is 17.7. The lowest BCUT2D eigenvalue weighted by Crippen LogP contribution is -2.31. The highest BCUT2D eigenvalue weighted by Gasteiger charge is 2.25. The molecule has 130 valence electrons. The highest BCUT2D eigenvalue weighted by Crippen LogP contribution is 2.31. The van der Waals surface area contributed by atoms with Crippen LogP contribution in [0.2, 0.25) is 0 Å². The van der Waals surface area contributed by atoms with E-state index >= 15 is 0 Å². The lowest BCUT2D eigenvalue weighted by Gasteiger charge is -2.09. The van der Waals surface area contributed by atoms with Crippen molar-refractivity contribution in [1.29, 1.82) is 0 Å². The number of carbonyl (C=O) groups excluding carboxylic acids is 2. The molecular formula is C16H21N3O5. The zero-order valence-corrected chi connectivity index (χ0v) is 13.7. The molecule has 0 atom stereocenters. The topological polar surface area (TPSA) is 111 Å². The fourth-order valence-corrected chi connectivity index (χ4v) is 1.96. The number of hydrogen-bond acceptors (Lipinski definition) is 6. The summed E-state index contributed by atoms with van der Waals surface area (Å²) in [6.45, 7) is 3.97. The Morgan fingerprint density at radius 2 is 2.08 bits per heavy atom. The summed E-state index contributed by atoms with van der Waals surface area (Å²) in [6, 6.07) is 4.36. The second-order valence-electron chi connectivity index (χ2n) is 6.18. The van der Waals surface area contributed by atoms with Gasteiger partial charge >= 0.3 is 5.97 Å². The van der Waals surface area contributed by atoms with Crippen molar-refractivity contribution in [2.45, 2.75) is 32.7 Å². The number of hydrogen-bond donors (Lipinski definition) is 2. The predicted molar refractivity (Wildman–Crippen MR) is 87.9 cm³/mol. The van der Waals surface area contributed by atoms with Gasteiger partial charge in [0.05, 0.1) is 10.5 Å². The number of anilines is 1. The predicted octanol–water partition coefficient (Wildman–Crippen LogP) is 2.10. The van der Waals surface area contributed by atoms with Crippen molar-refractivity contribution in [3.05, 3.63) is 33.9 Å². The molecule has 8 heteroatoms. The highest BCUT2D eigenvalue weighted by atomic mass is 16.6. The van der Waals surface area contributed by atoms with Crippen LogP contribution in [0.15, 0.2) is 18.2 Å². The molecule has 8 nitrogen and oxygen atoms in total. The van der Waals surface area contributed by atoms with Gasteiger partial charge in [-0.05, 0) is 30.9 Å². The summed E-state index contributed by atoms with van der Waals surface area (Å²) < 4.78 is 4.90. The molecule has 24 heavy (non-hydrogen) atoms. The summed E-state index contributed by atoms with van der Waals surface area (Å²) in [7, 11) is 0. The normalized spacial score (nSPS) is 13.5. The molecule has 1 saturated carbocycles. The maximum absolute atomic E-state index is 12.0. The third-order valence-electron chi connectivity index (χ3n) is 3.41. The fraction of sp³-hybridized carbons (Fsp3) is 0.500. The van der Waals surface area contributed by atoms with Crippen molar-refractivity contribution < 1.29 is 19.2 Å². The van der Waals surface area contributed by atoms with Crippen LogP contribution >= 0.6 is 0 Å². The van der Waals surface area contributed by atoms with Gasteiger partial charge < -0.3 is 15.4 Å². The van der Waals surface area contributed by atoms with Crippen LogP contribution in [0.25, 0.3) is 0 Å². The second-order valence-corrected chi connectivity index (χ2v) is 6.18. The number of nitrogens with zero attached hydrogens (tertiary/aromatic N) is 1. The zero-order valence-electron chi connectivity index (χ0n) is 13.7. The Kier molecular flexibility index (Phi) is 5.73. The van der Waals surface area contributed by atoms with E-state index in [9.17, 15) is 19.7 Å². The third-order valence-corrected chi connectivity index (χ3v) is 3.41. The summed E-state index contributed by atoms with van der Waals surface area (Å²) in [5.41, 5.74) is 0.244. The molecule has 1 aromatic rings. The molecule has 0 aromatic heterocycles. The van der Waals surface area contributed by atoms with Gasteiger partial charge in [0.15, 0.2) is 6.61 Å². The molecule has 0 radical (unpaired) electrons. The van der Waals surface area contributed by atoms with E-state index in [1.165, 1.54) is 18.2 Å². The largest absolute Gasteiger partial charge is 0.452 e. The first-order chi connectivity index (χ1) is 11.4. The second kappa shape index (κ2) is 7.76. The van der Waals surface area contributed by atoms with Crippen LogP contribution in [0, 0.1) is 16.0 Å². The van der Waals surface area contributed by atoms with Gasteiger partial charge in [-0.15, -0.1) is 0 Å². The lowest BCUT2D eigenvalue weighted by molar-refractivity contribution is -0.384. The molecule has 2 rings (SSSR count). The number of carbonyl (C=O) groups is 2. The SMILES string of the molecule is CC(C)CNC(=O)COC(=O)c1ccc(NC2CC2)c([N+](=O)[O-])c1. The number of ether oxygens (including phenoxy) is 1. The molecule has 1 fully saturated rings. The Bertz CT molecular complexity index is 641. The van der Waals surface area contributed by atoms with Crippen molar-refractivity contribution in [1.82, 2.24) is 5.32 Å². The summed E-state index contributed by atoms with van der Waals surface area (Å²) >= 11 is 0. The molecule has 0 unspecified atom stereocenters. The van der Waals surface area contributed by atoms with Gasteiger partial charge in [-0.2, -0.15) is 0 Å². The first-order valence-electron chi connectivity index (χ1n) is 7.85. The number of esters is 1. The number of nitro groups is 1. The molecule has 0 saturated heterocycles. The highest BCUT2D eigenvalue weighted by molar-refractivity contribution is 5.93. The number of benzene rings is 1. The summed E-state index contributed by atoms with van der Waals surface area (Å²) in [5.74, 6) is -0.881. The van der Waals surface area contributed by atoms with E-state index < -0.39 is 23.4 Å². The van der Waals surface area contributed by atoms with Gasteiger partial charge in [0.1, 0.15) is 5.69 Å². The van der Waals surface area contributed by atoms with E-state index in [0.717, 1.165) is 12.8 Å². The molecule has 0 bridgehead atoms. The average Bonchev–Trinajstić information content (AvgIpc) is 3.34. The smallest absolute Gasteiger partial charge is 0.338 e. The first kappa shape index (κ1) is 17.7. The van der Waals surface area contributed by atoms with Gasteiger partial charge in [-0.1, -0.05) is 13.8 Å². The van der Waals surface area contributed by atoms with E-state index in [2.05, 4.69) is 10.6 Å². The van der Waals surface area contributed by atoms with E-state index in [1.807, 2.05) is 13.8 Å². The maximum atomic E-state index is 12.0. The van der Waals surface area contributed by atoms with Gasteiger partial charge in [-0.3, -0.25) is 14.9 Å². The molecule has 1 aliphatic rings. The molecule has 1 aromatic carbocycles. The Morgan fingerprint density at radius 1 is 1.38 bits per heavy atom. The van der Waals surface area contributed by atoms with E-state index in [0.29, 0.717) is 18.2 Å². The van der Waals surface area contributed by atoms with Crippen molar-refractivity contribution in [2.24, 2.45) is 5.92 Å². The molecule has 2 N–H and O–H groups in total. The lowest BCUT2D eigenvalue weighted by atomic mass is 10.1. The molecule has 0 spiro atoms. The standard InChI is InChI=1S/C16H21N3O5/c1-10(2)8-17-15(20)9-24-16(21)11-3-6-13(18-12-4-5-12)14(7-11)19(22)23/h3,6-7,10,12,18H,4-5,8-9H2,1-2H3,(H,17,20). The van der Waals surface area contributed by atoms with Crippen LogP contribution in [-0.2, 0) is 9.53 Å². The van der Waals surface area contributed by atoms with Crippen LogP contribution in [0.4, 0.5) is 11.4 Å². The van der Waals surface area contributed by atoms with Crippen molar-refractivity contribution >= 4 is 23.3 Å². The number of nitro benzene ring substituents is 1. The Morgan fingerprint density at radius 3 is 2.67 bits per heavy atom. The number of amides is 1. The number of rotatable bonds is 8. The molecule has 1 amide bonds. The van der Waals surface area contributed by atoms with Crippen LogP contribution in [-0.4, -0.2) is 36.0 Å². The van der Waals surface area contributed by atoms with Gasteiger partial charge in [0.25, 0.3) is 11.6 Å². The van der Waals surface area contributed by atoms with Crippen LogP contribution < -0.4 is 10.6 Å². The molecular weight excluding hydrogens is 314 g/mol. The minimum absolute atomic E-state index is 0.0414. The van der Waals surface area contributed by atoms with Crippen LogP contribution in [0.1, 0.15) is 37.0 Å². The monoisotopic (exact) mass is 335 g/mol. The van der Waals surface area contributed by atoms with Crippen molar-refractivity contribution in [3.8, 4) is 0 Å². The summed E-state index contributed by atoms with van der Waals surface area (Å²) in [6.07, 6.45) is 1.96. The third kappa shape index (κ3) is 5.22. The van der Waals surface area contributed by atoms with Gasteiger partial charge in [0, 0.05) is 18.7 Å². The van der Waals surface area contributed by atoms with Crippen molar-refractivity contribution in [2.75, 3.05) is 18.5 Å². The van der Waals surface area contributed by atoms with E-state index in [4.69, 9.17) is 4.74 Å². The van der Waals surface area contributed by atoms with Gasteiger partial charge in [0.2, 0.25) is 0 Å². The van der Waals surface area contributed by atoms with Crippen molar-refractivity contribution in [3.63, 3.8) is 0 Å². The Balaban J connectivity index is 1.97. The van der Waals surface area contributed by atoms with Crippen LogP contribution in [0.3, 0.4) is 0 Å². The quantitative estimate of drug-likeness (QED) is 0.427. The maximum Gasteiger partial charge on any atom is 0.338 e. The summed E-state index contributed by atoms with van der Waals surface area (Å²) in [4.78, 5) is 34.1. The van der Waals surface area contributed by atoms with Gasteiger partial charge in [-0.25, -0.2) is 4.79 Å². The minimum atomic E-state index is -0.768. The summed E-state index contributed by atoms with van der Waals surface area (Å²) in [5, 5.41) is 16.8. The molecule has 1 aliphatic carbocycles. The van der Waals surface area contributed by atoms with E-state index in [1.54, 1.807) is 0 Å². The van der Waals surface area contributed by atoms with Crippen LogP contribution in [0.5, 0.6) is 0 Å². The molecule has 0 aliphatic heterocycles. The first-order valence-corrected chi connectivity index (χ1v) is 7.85. The Hall–Kier alpha value is -2.64.